The van der Waals surface area contributed by atoms with E-state index in [-0.39, 0.29) is 6.10 Å². The molecule has 4 heteroatoms. The van der Waals surface area contributed by atoms with Crippen LogP contribution in [-0.4, -0.2) is 50.2 Å². The van der Waals surface area contributed by atoms with Crippen LogP contribution in [0.25, 0.3) is 0 Å². The van der Waals surface area contributed by atoms with Crippen molar-refractivity contribution in [3.05, 3.63) is 0 Å². The Labute approximate surface area is 131 Å². The first kappa shape index (κ1) is 20.8. The molecule has 0 heterocycles. The predicted molar refractivity (Wildman–Crippen MR) is 88.7 cm³/mol. The van der Waals surface area contributed by atoms with Gasteiger partial charge in [0, 0.05) is 13.1 Å². The first-order chi connectivity index (χ1) is 9.87. The molecule has 0 saturated carbocycles. The third-order valence-corrected chi connectivity index (χ3v) is 3.43. The summed E-state index contributed by atoms with van der Waals surface area (Å²) in [5.74, 6) is 0. The zero-order chi connectivity index (χ0) is 16.1. The van der Waals surface area contributed by atoms with Crippen LogP contribution in [0.3, 0.4) is 0 Å². The number of ether oxygens (including phenoxy) is 2. The van der Waals surface area contributed by atoms with Gasteiger partial charge in [-0.3, -0.25) is 0 Å². The van der Waals surface area contributed by atoms with E-state index in [0.29, 0.717) is 31.8 Å². The van der Waals surface area contributed by atoms with Gasteiger partial charge in [0.1, 0.15) is 0 Å². The molecular formula is C17H37NO3. The molecule has 0 saturated heterocycles. The van der Waals surface area contributed by atoms with Crippen molar-refractivity contribution in [1.29, 1.82) is 0 Å². The van der Waals surface area contributed by atoms with E-state index in [2.05, 4.69) is 26.1 Å². The van der Waals surface area contributed by atoms with E-state index >= 15 is 0 Å². The number of hydrogen-bond acceptors (Lipinski definition) is 4. The topological polar surface area (TPSA) is 50.7 Å². The van der Waals surface area contributed by atoms with Crippen LogP contribution in [0.4, 0.5) is 0 Å². The molecule has 0 fully saturated rings. The lowest BCUT2D eigenvalue weighted by atomic mass is 9.87. The zero-order valence-electron chi connectivity index (χ0n) is 14.8. The molecule has 0 aromatic heterocycles. The molecule has 1 unspecified atom stereocenters. The number of hydrogen-bond donors (Lipinski definition) is 2. The van der Waals surface area contributed by atoms with Gasteiger partial charge < -0.3 is 19.9 Å². The third kappa shape index (κ3) is 14.5. The van der Waals surface area contributed by atoms with Crippen LogP contribution >= 0.6 is 0 Å². The van der Waals surface area contributed by atoms with Gasteiger partial charge in [0.25, 0.3) is 0 Å². The highest BCUT2D eigenvalue weighted by Gasteiger charge is 2.17. The van der Waals surface area contributed by atoms with Gasteiger partial charge in [-0.15, -0.1) is 0 Å². The third-order valence-electron chi connectivity index (χ3n) is 3.43. The van der Waals surface area contributed by atoms with E-state index in [0.717, 1.165) is 6.54 Å². The molecule has 0 radical (unpaired) electrons. The smallest absolute Gasteiger partial charge is 0.0897 e. The molecule has 0 rings (SSSR count). The van der Waals surface area contributed by atoms with Crippen LogP contribution < -0.4 is 5.32 Å². The Morgan fingerprint density at radius 3 is 2.48 bits per heavy atom. The van der Waals surface area contributed by atoms with Gasteiger partial charge >= 0.3 is 0 Å². The quantitative estimate of drug-likeness (QED) is 0.484. The Kier molecular flexibility index (Phi) is 12.3. The summed E-state index contributed by atoms with van der Waals surface area (Å²) in [6, 6.07) is 0. The molecule has 21 heavy (non-hydrogen) atoms. The Balaban J connectivity index is 3.53. The molecule has 0 aliphatic heterocycles. The van der Waals surface area contributed by atoms with Crippen molar-refractivity contribution >= 4 is 0 Å². The highest BCUT2D eigenvalue weighted by atomic mass is 16.5. The summed E-state index contributed by atoms with van der Waals surface area (Å²) in [6.07, 6.45) is 4.86. The van der Waals surface area contributed by atoms with E-state index in [1.54, 1.807) is 0 Å². The lowest BCUT2D eigenvalue weighted by Gasteiger charge is -2.25. The Morgan fingerprint density at radius 2 is 1.86 bits per heavy atom. The lowest BCUT2D eigenvalue weighted by molar-refractivity contribution is -0.0103. The molecule has 128 valence electrons. The standard InChI is InChI=1S/C17H37NO3/c1-6-7-8-9-17(4,5)14-18-12-16(19)13-20-10-11-21-15(2)3/h15-16,18-19H,6-14H2,1-5H3. The fourth-order valence-electron chi connectivity index (χ4n) is 2.14. The van der Waals surface area contributed by atoms with Crippen LogP contribution in [0.15, 0.2) is 0 Å². The van der Waals surface area contributed by atoms with Crippen LogP contribution in [0.1, 0.15) is 60.3 Å². The number of nitrogens with one attached hydrogen (secondary N) is 1. The predicted octanol–water partition coefficient (Wildman–Crippen LogP) is 2.99. The zero-order valence-corrected chi connectivity index (χ0v) is 14.8. The number of aliphatic hydroxyl groups excluding tert-OH is 1. The average Bonchev–Trinajstić information content (AvgIpc) is 2.37. The second-order valence-electron chi connectivity index (χ2n) is 6.90. The van der Waals surface area contributed by atoms with Crippen molar-refractivity contribution in [3.63, 3.8) is 0 Å². The van der Waals surface area contributed by atoms with Crippen LogP contribution in [0.5, 0.6) is 0 Å². The molecule has 1 atom stereocenters. The minimum Gasteiger partial charge on any atom is -0.389 e. The second kappa shape index (κ2) is 12.4. The fraction of sp³-hybridized carbons (Fsp3) is 1.00. The lowest BCUT2D eigenvalue weighted by Crippen LogP contribution is -2.36. The minimum absolute atomic E-state index is 0.232. The van der Waals surface area contributed by atoms with Gasteiger partial charge in [-0.05, 0) is 25.7 Å². The number of rotatable bonds is 14. The second-order valence-corrected chi connectivity index (χ2v) is 6.90. The van der Waals surface area contributed by atoms with Gasteiger partial charge in [-0.2, -0.15) is 0 Å². The number of unbranched alkanes of at least 4 members (excludes halogenated alkanes) is 2. The van der Waals surface area contributed by atoms with Crippen molar-refractivity contribution in [1.82, 2.24) is 5.32 Å². The van der Waals surface area contributed by atoms with Gasteiger partial charge in [0.05, 0.1) is 32.0 Å². The van der Waals surface area contributed by atoms with E-state index < -0.39 is 6.10 Å². The van der Waals surface area contributed by atoms with Crippen LogP contribution in [-0.2, 0) is 9.47 Å². The highest BCUT2D eigenvalue weighted by Crippen LogP contribution is 2.22. The van der Waals surface area contributed by atoms with Gasteiger partial charge in [0.15, 0.2) is 0 Å². The fourth-order valence-corrected chi connectivity index (χ4v) is 2.14. The van der Waals surface area contributed by atoms with Gasteiger partial charge in [-0.1, -0.05) is 40.0 Å². The average molecular weight is 303 g/mol. The summed E-state index contributed by atoms with van der Waals surface area (Å²) in [5.41, 5.74) is 0.293. The molecule has 0 aromatic rings. The van der Waals surface area contributed by atoms with E-state index in [1.165, 1.54) is 25.7 Å². The molecule has 4 nitrogen and oxygen atoms in total. The summed E-state index contributed by atoms with van der Waals surface area (Å²) in [4.78, 5) is 0. The molecule has 0 bridgehead atoms. The van der Waals surface area contributed by atoms with Gasteiger partial charge in [-0.25, -0.2) is 0 Å². The van der Waals surface area contributed by atoms with Gasteiger partial charge in [0.2, 0.25) is 0 Å². The van der Waals surface area contributed by atoms with E-state index in [1.807, 2.05) is 13.8 Å². The van der Waals surface area contributed by atoms with Crippen molar-refractivity contribution in [2.45, 2.75) is 72.5 Å². The van der Waals surface area contributed by atoms with E-state index in [9.17, 15) is 5.11 Å². The van der Waals surface area contributed by atoms with Crippen LogP contribution in [0.2, 0.25) is 0 Å². The van der Waals surface area contributed by atoms with Crippen LogP contribution in [0, 0.1) is 5.41 Å². The first-order valence-electron chi connectivity index (χ1n) is 8.45. The Hall–Kier alpha value is -0.160. The largest absolute Gasteiger partial charge is 0.389 e. The summed E-state index contributed by atoms with van der Waals surface area (Å²) in [6.45, 7) is 13.8. The van der Waals surface area contributed by atoms with Crippen molar-refractivity contribution in [3.8, 4) is 0 Å². The van der Waals surface area contributed by atoms with Crippen molar-refractivity contribution in [2.24, 2.45) is 5.41 Å². The molecule has 0 aliphatic rings. The maximum Gasteiger partial charge on any atom is 0.0897 e. The monoisotopic (exact) mass is 303 g/mol. The normalized spacial score (nSPS) is 13.9. The number of aliphatic hydroxyl groups is 1. The first-order valence-corrected chi connectivity index (χ1v) is 8.45. The Morgan fingerprint density at radius 1 is 1.14 bits per heavy atom. The van der Waals surface area contributed by atoms with Crippen molar-refractivity contribution < 1.29 is 14.6 Å². The molecule has 0 amide bonds. The molecular weight excluding hydrogens is 266 g/mol. The SMILES string of the molecule is CCCCCC(C)(C)CNCC(O)COCCOC(C)C. The van der Waals surface area contributed by atoms with E-state index in [4.69, 9.17) is 9.47 Å². The van der Waals surface area contributed by atoms with Crippen molar-refractivity contribution in [2.75, 3.05) is 32.9 Å². The summed E-state index contributed by atoms with van der Waals surface area (Å²) in [7, 11) is 0. The molecule has 0 spiro atoms. The summed E-state index contributed by atoms with van der Waals surface area (Å²) in [5, 5.41) is 13.2. The minimum atomic E-state index is -0.449. The Bertz CT molecular complexity index is 232. The maximum atomic E-state index is 9.84. The molecule has 0 aliphatic carbocycles. The molecule has 2 N–H and O–H groups in total. The maximum absolute atomic E-state index is 9.84. The molecule has 0 aromatic carbocycles. The summed E-state index contributed by atoms with van der Waals surface area (Å²) < 4.78 is 10.8. The summed E-state index contributed by atoms with van der Waals surface area (Å²) >= 11 is 0. The highest BCUT2D eigenvalue weighted by molar-refractivity contribution is 4.72.